The lowest BCUT2D eigenvalue weighted by molar-refractivity contribution is 0.600. The highest BCUT2D eigenvalue weighted by molar-refractivity contribution is 7.92. The molecule has 0 fully saturated rings. The Labute approximate surface area is 99.4 Å². The normalized spacial score (nSPS) is 11.4. The Kier molecular flexibility index (Phi) is 2.84. The lowest BCUT2D eigenvalue weighted by Crippen LogP contribution is -2.14. The second-order valence-corrected chi connectivity index (χ2v) is 5.19. The van der Waals surface area contributed by atoms with Crippen LogP contribution in [0.5, 0.6) is 0 Å². The van der Waals surface area contributed by atoms with Crippen LogP contribution < -0.4 is 4.72 Å². The van der Waals surface area contributed by atoms with Gasteiger partial charge in [-0.25, -0.2) is 13.4 Å². The van der Waals surface area contributed by atoms with Crippen LogP contribution in [-0.4, -0.2) is 23.2 Å². The number of rotatable bonds is 3. The Balaban J connectivity index is 2.35. The van der Waals surface area contributed by atoms with Crippen molar-refractivity contribution in [2.45, 2.75) is 11.8 Å². The van der Waals surface area contributed by atoms with Crippen LogP contribution in [-0.2, 0) is 17.1 Å². The molecule has 0 aliphatic rings. The number of nitrogens with zero attached hydrogens (tertiary/aromatic N) is 3. The topological polar surface area (TPSA) is 76.9 Å². The van der Waals surface area contributed by atoms with E-state index >= 15 is 0 Å². The number of aryl methyl sites for hydroxylation is 1. The summed E-state index contributed by atoms with van der Waals surface area (Å²) in [6, 6.07) is 5.01. The molecule has 2 aromatic rings. The van der Waals surface area contributed by atoms with E-state index in [2.05, 4.69) is 14.8 Å². The molecule has 0 spiro atoms. The molecule has 0 atom stereocenters. The van der Waals surface area contributed by atoms with Crippen molar-refractivity contribution in [1.29, 1.82) is 0 Å². The third-order valence-corrected chi connectivity index (χ3v) is 3.84. The smallest absolute Gasteiger partial charge is 0.266 e. The summed E-state index contributed by atoms with van der Waals surface area (Å²) in [5, 5.41) is 3.90. The zero-order chi connectivity index (χ0) is 12.5. The number of aromatic nitrogens is 3. The predicted molar refractivity (Wildman–Crippen MR) is 63.0 cm³/mol. The molecule has 0 saturated carbocycles. The van der Waals surface area contributed by atoms with Crippen molar-refractivity contribution >= 4 is 15.8 Å². The molecule has 7 heteroatoms. The molecule has 6 nitrogen and oxygen atoms in total. The van der Waals surface area contributed by atoms with Gasteiger partial charge in [0.2, 0.25) is 0 Å². The Bertz CT molecular complexity index is 619. The van der Waals surface area contributed by atoms with Crippen molar-refractivity contribution in [3.63, 3.8) is 0 Å². The number of hydrogen-bond acceptors (Lipinski definition) is 4. The van der Waals surface area contributed by atoms with Crippen molar-refractivity contribution < 1.29 is 8.42 Å². The van der Waals surface area contributed by atoms with Crippen molar-refractivity contribution in [3.8, 4) is 0 Å². The highest BCUT2D eigenvalue weighted by Gasteiger charge is 2.20. The van der Waals surface area contributed by atoms with Crippen LogP contribution in [0.2, 0.25) is 0 Å². The maximum Gasteiger partial charge on any atom is 0.266 e. The summed E-state index contributed by atoms with van der Waals surface area (Å²) < 4.78 is 28.0. The first-order chi connectivity index (χ1) is 8.00. The van der Waals surface area contributed by atoms with E-state index < -0.39 is 10.0 Å². The summed E-state index contributed by atoms with van der Waals surface area (Å²) in [6.45, 7) is 1.69. The second-order valence-electron chi connectivity index (χ2n) is 3.54. The van der Waals surface area contributed by atoms with E-state index in [1.165, 1.54) is 17.1 Å². The van der Waals surface area contributed by atoms with Gasteiger partial charge >= 0.3 is 0 Å². The molecule has 0 saturated heterocycles. The van der Waals surface area contributed by atoms with E-state index in [4.69, 9.17) is 0 Å². The highest BCUT2D eigenvalue weighted by atomic mass is 32.2. The van der Waals surface area contributed by atoms with Gasteiger partial charge in [0, 0.05) is 13.2 Å². The molecule has 1 N–H and O–H groups in total. The van der Waals surface area contributed by atoms with E-state index in [0.717, 1.165) is 0 Å². The van der Waals surface area contributed by atoms with Crippen LogP contribution in [0.4, 0.5) is 5.82 Å². The fourth-order valence-electron chi connectivity index (χ4n) is 1.36. The molecule has 2 heterocycles. The zero-order valence-corrected chi connectivity index (χ0v) is 10.3. The average molecular weight is 252 g/mol. The largest absolute Gasteiger partial charge is 0.272 e. The van der Waals surface area contributed by atoms with Gasteiger partial charge in [0.25, 0.3) is 10.0 Å². The van der Waals surface area contributed by atoms with Gasteiger partial charge in [0.05, 0.1) is 11.9 Å². The number of sulfonamides is 1. The van der Waals surface area contributed by atoms with E-state index in [-0.39, 0.29) is 10.7 Å². The SMILES string of the molecule is Cc1c(S(=O)(=O)Nc2ccccn2)cnn1C. The van der Waals surface area contributed by atoms with Crippen LogP contribution in [0.25, 0.3) is 0 Å². The minimum Gasteiger partial charge on any atom is -0.272 e. The summed E-state index contributed by atoms with van der Waals surface area (Å²) in [4.78, 5) is 4.07. The Morgan fingerprint density at radius 3 is 2.65 bits per heavy atom. The van der Waals surface area contributed by atoms with Gasteiger partial charge in [0.1, 0.15) is 10.7 Å². The van der Waals surface area contributed by atoms with Crippen LogP contribution >= 0.6 is 0 Å². The predicted octanol–water partition coefficient (Wildman–Crippen LogP) is 0.924. The number of nitrogens with one attached hydrogen (secondary N) is 1. The lowest BCUT2D eigenvalue weighted by Gasteiger charge is -2.06. The Hall–Kier alpha value is -1.89. The maximum atomic E-state index is 12.0. The monoisotopic (exact) mass is 252 g/mol. The highest BCUT2D eigenvalue weighted by Crippen LogP contribution is 2.16. The molecule has 0 aliphatic heterocycles. The van der Waals surface area contributed by atoms with Gasteiger partial charge in [-0.15, -0.1) is 0 Å². The molecular formula is C10H12N4O2S. The van der Waals surface area contributed by atoms with Crippen LogP contribution in [0.1, 0.15) is 5.69 Å². The van der Waals surface area contributed by atoms with E-state index in [9.17, 15) is 8.42 Å². The average Bonchev–Trinajstić information content (AvgIpc) is 2.61. The van der Waals surface area contributed by atoms with Crippen molar-refractivity contribution in [3.05, 3.63) is 36.3 Å². The van der Waals surface area contributed by atoms with Crippen molar-refractivity contribution in [2.75, 3.05) is 4.72 Å². The quantitative estimate of drug-likeness (QED) is 0.881. The van der Waals surface area contributed by atoms with Crippen LogP contribution in [0, 0.1) is 6.92 Å². The molecule has 0 unspecified atom stereocenters. The van der Waals surface area contributed by atoms with Crippen molar-refractivity contribution in [2.24, 2.45) is 7.05 Å². The molecule has 0 aromatic carbocycles. The van der Waals surface area contributed by atoms with Crippen LogP contribution in [0.15, 0.2) is 35.5 Å². The molecular weight excluding hydrogens is 240 g/mol. The second kappa shape index (κ2) is 4.17. The molecule has 0 amide bonds. The fourth-order valence-corrected chi connectivity index (χ4v) is 2.57. The standard InChI is InChI=1S/C10H12N4O2S/c1-8-9(7-12-14(8)2)17(15,16)13-10-5-3-4-6-11-10/h3-7H,1-2H3,(H,11,13). The zero-order valence-electron chi connectivity index (χ0n) is 9.45. The maximum absolute atomic E-state index is 12.0. The number of pyridine rings is 1. The van der Waals surface area contributed by atoms with Gasteiger partial charge in [-0.3, -0.25) is 9.40 Å². The van der Waals surface area contributed by atoms with Gasteiger partial charge < -0.3 is 0 Å². The molecule has 2 aromatic heterocycles. The number of anilines is 1. The summed E-state index contributed by atoms with van der Waals surface area (Å²) in [5.74, 6) is 0.288. The Morgan fingerprint density at radius 1 is 1.35 bits per heavy atom. The van der Waals surface area contributed by atoms with Gasteiger partial charge in [-0.2, -0.15) is 5.10 Å². The Morgan fingerprint density at radius 2 is 2.12 bits per heavy atom. The minimum absolute atomic E-state index is 0.158. The van der Waals surface area contributed by atoms with Gasteiger partial charge in [0.15, 0.2) is 0 Å². The summed E-state index contributed by atoms with van der Waals surface area (Å²) >= 11 is 0. The summed E-state index contributed by atoms with van der Waals surface area (Å²) in [7, 11) is -1.93. The molecule has 17 heavy (non-hydrogen) atoms. The number of hydrogen-bond donors (Lipinski definition) is 1. The first kappa shape index (κ1) is 11.6. The van der Waals surface area contributed by atoms with E-state index in [0.29, 0.717) is 5.69 Å². The minimum atomic E-state index is -3.62. The molecule has 0 bridgehead atoms. The van der Waals surface area contributed by atoms with Gasteiger partial charge in [-0.05, 0) is 19.1 Å². The first-order valence-corrected chi connectivity index (χ1v) is 6.41. The van der Waals surface area contributed by atoms with Crippen LogP contribution in [0.3, 0.4) is 0 Å². The molecule has 0 aliphatic carbocycles. The van der Waals surface area contributed by atoms with Gasteiger partial charge in [-0.1, -0.05) is 6.07 Å². The summed E-state index contributed by atoms with van der Waals surface area (Å²) in [5.41, 5.74) is 0.577. The van der Waals surface area contributed by atoms with Crippen molar-refractivity contribution in [1.82, 2.24) is 14.8 Å². The summed E-state index contributed by atoms with van der Waals surface area (Å²) in [6.07, 6.45) is 2.84. The third kappa shape index (κ3) is 2.28. The van der Waals surface area contributed by atoms with E-state index in [1.807, 2.05) is 0 Å². The lowest BCUT2D eigenvalue weighted by atomic mass is 10.5. The molecule has 90 valence electrons. The fraction of sp³-hybridized carbons (Fsp3) is 0.200. The first-order valence-electron chi connectivity index (χ1n) is 4.93. The van der Waals surface area contributed by atoms with E-state index in [1.54, 1.807) is 32.2 Å². The molecule has 0 radical (unpaired) electrons. The molecule has 2 rings (SSSR count). The third-order valence-electron chi connectivity index (χ3n) is 2.38.